The summed E-state index contributed by atoms with van der Waals surface area (Å²) < 4.78 is 27.3. The number of hydrogen-bond donors (Lipinski definition) is 1. The molecular weight excluding hydrogens is 354 g/mol. The second-order valence-electron chi connectivity index (χ2n) is 5.94. The zero-order valence-corrected chi connectivity index (χ0v) is 15.3. The number of aromatic nitrogens is 1. The molecule has 1 aliphatic heterocycles. The maximum absolute atomic E-state index is 12.9. The van der Waals surface area contributed by atoms with Gasteiger partial charge in [-0.05, 0) is 43.2 Å². The molecule has 0 bridgehead atoms. The lowest BCUT2D eigenvalue weighted by atomic mass is 10.1. The predicted octanol–water partition coefficient (Wildman–Crippen LogP) is 3.45. The fourth-order valence-corrected chi connectivity index (χ4v) is 5.41. The van der Waals surface area contributed by atoms with Crippen molar-refractivity contribution >= 4 is 32.2 Å². The summed E-state index contributed by atoms with van der Waals surface area (Å²) in [6.45, 7) is 2.44. The number of anilines is 2. The molecule has 5 nitrogen and oxygen atoms in total. The summed E-state index contributed by atoms with van der Waals surface area (Å²) in [5.41, 5.74) is 9.40. The number of aryl methyl sites for hydroxylation is 1. The molecule has 1 aliphatic rings. The molecule has 2 N–H and O–H groups in total. The molecule has 1 aromatic heterocycles. The van der Waals surface area contributed by atoms with Gasteiger partial charge in [0.25, 0.3) is 10.0 Å². The van der Waals surface area contributed by atoms with Crippen molar-refractivity contribution in [3.05, 3.63) is 59.0 Å². The van der Waals surface area contributed by atoms with Crippen LogP contribution < -0.4 is 10.0 Å². The minimum Gasteiger partial charge on any atom is -0.375 e. The van der Waals surface area contributed by atoms with Crippen LogP contribution >= 0.6 is 11.3 Å². The number of fused-ring (bicyclic) bond motifs is 1. The van der Waals surface area contributed by atoms with Gasteiger partial charge in [0.2, 0.25) is 0 Å². The highest BCUT2D eigenvalue weighted by molar-refractivity contribution is 7.92. The third-order valence-electron chi connectivity index (χ3n) is 4.35. The van der Waals surface area contributed by atoms with Crippen LogP contribution in [0.5, 0.6) is 0 Å². The van der Waals surface area contributed by atoms with E-state index in [4.69, 9.17) is 5.73 Å². The summed E-state index contributed by atoms with van der Waals surface area (Å²) in [6, 6.07) is 14.4. The predicted molar refractivity (Wildman–Crippen MR) is 101 cm³/mol. The second kappa shape index (κ2) is 5.86. The van der Waals surface area contributed by atoms with Crippen LogP contribution in [0.25, 0.3) is 11.3 Å². The first-order valence-corrected chi connectivity index (χ1v) is 10.2. The van der Waals surface area contributed by atoms with Crippen LogP contribution in [0.2, 0.25) is 0 Å². The lowest BCUT2D eigenvalue weighted by Gasteiger charge is -2.19. The van der Waals surface area contributed by atoms with Crippen LogP contribution in [-0.2, 0) is 16.4 Å². The second-order valence-corrected chi connectivity index (χ2v) is 9.04. The van der Waals surface area contributed by atoms with Crippen LogP contribution in [0.3, 0.4) is 0 Å². The molecule has 0 fully saturated rings. The third-order valence-corrected chi connectivity index (χ3v) is 6.98. The van der Waals surface area contributed by atoms with Crippen molar-refractivity contribution in [3.63, 3.8) is 0 Å². The number of nitrogen functional groups attached to an aromatic ring is 1. The average molecular weight is 371 g/mol. The molecule has 0 radical (unpaired) electrons. The van der Waals surface area contributed by atoms with Gasteiger partial charge in [-0.1, -0.05) is 24.3 Å². The summed E-state index contributed by atoms with van der Waals surface area (Å²) in [7, 11) is -3.53. The Balaban J connectivity index is 1.74. The van der Waals surface area contributed by atoms with Crippen LogP contribution in [-0.4, -0.2) is 19.9 Å². The normalized spacial score (nSPS) is 13.9. The molecule has 0 saturated carbocycles. The quantitative estimate of drug-likeness (QED) is 0.765. The Kier molecular flexibility index (Phi) is 3.77. The highest BCUT2D eigenvalue weighted by atomic mass is 32.2. The van der Waals surface area contributed by atoms with Gasteiger partial charge >= 0.3 is 0 Å². The number of thiazole rings is 1. The number of rotatable bonds is 3. The Labute approximate surface area is 150 Å². The maximum atomic E-state index is 12.9. The number of sulfonamides is 1. The van der Waals surface area contributed by atoms with Gasteiger partial charge in [0, 0.05) is 17.0 Å². The van der Waals surface area contributed by atoms with Crippen LogP contribution in [0.4, 0.5) is 10.8 Å². The molecule has 128 valence electrons. The van der Waals surface area contributed by atoms with E-state index < -0.39 is 10.0 Å². The average Bonchev–Trinajstić information content (AvgIpc) is 3.18. The highest BCUT2D eigenvalue weighted by Gasteiger charge is 2.31. The first-order valence-electron chi connectivity index (χ1n) is 7.91. The zero-order valence-electron chi connectivity index (χ0n) is 13.6. The van der Waals surface area contributed by atoms with Crippen LogP contribution in [0.15, 0.2) is 53.4 Å². The number of hydrogen-bond acceptors (Lipinski definition) is 5. The monoisotopic (exact) mass is 371 g/mol. The molecular formula is C18H17N3O2S2. The molecule has 0 spiro atoms. The van der Waals surface area contributed by atoms with Gasteiger partial charge in [-0.25, -0.2) is 13.4 Å². The van der Waals surface area contributed by atoms with E-state index >= 15 is 0 Å². The molecule has 25 heavy (non-hydrogen) atoms. The van der Waals surface area contributed by atoms with Crippen LogP contribution in [0.1, 0.15) is 10.4 Å². The Morgan fingerprint density at radius 1 is 1.16 bits per heavy atom. The maximum Gasteiger partial charge on any atom is 0.264 e. The van der Waals surface area contributed by atoms with Gasteiger partial charge < -0.3 is 5.73 Å². The van der Waals surface area contributed by atoms with E-state index in [2.05, 4.69) is 4.98 Å². The first-order chi connectivity index (χ1) is 12.0. The minimum absolute atomic E-state index is 0.315. The van der Waals surface area contributed by atoms with Gasteiger partial charge in [-0.3, -0.25) is 4.31 Å². The highest BCUT2D eigenvalue weighted by Crippen LogP contribution is 2.37. The van der Waals surface area contributed by atoms with Gasteiger partial charge in [0.15, 0.2) is 5.13 Å². The van der Waals surface area contributed by atoms with E-state index in [9.17, 15) is 8.42 Å². The van der Waals surface area contributed by atoms with E-state index in [1.165, 1.54) is 15.6 Å². The fourth-order valence-electron chi connectivity index (χ4n) is 3.17. The van der Waals surface area contributed by atoms with Gasteiger partial charge in [-0.2, -0.15) is 0 Å². The van der Waals surface area contributed by atoms with Gasteiger partial charge in [0.05, 0.1) is 16.3 Å². The summed E-state index contributed by atoms with van der Waals surface area (Å²) in [4.78, 5) is 5.76. The topological polar surface area (TPSA) is 76.3 Å². The molecule has 7 heteroatoms. The molecule has 0 saturated heterocycles. The SMILES string of the molecule is Cc1sc(N)nc1-c1ccc2c(c1)CCN2S(=O)(=O)c1ccccc1. The summed E-state index contributed by atoms with van der Waals surface area (Å²) >= 11 is 1.46. The van der Waals surface area contributed by atoms with Crippen molar-refractivity contribution in [3.8, 4) is 11.3 Å². The van der Waals surface area contributed by atoms with E-state index in [0.717, 1.165) is 27.4 Å². The van der Waals surface area contributed by atoms with E-state index in [0.29, 0.717) is 23.0 Å². The molecule has 4 rings (SSSR count). The Morgan fingerprint density at radius 3 is 2.60 bits per heavy atom. The molecule has 0 amide bonds. The molecule has 0 unspecified atom stereocenters. The van der Waals surface area contributed by atoms with Crippen molar-refractivity contribution < 1.29 is 8.42 Å². The molecule has 2 heterocycles. The van der Waals surface area contributed by atoms with Crippen molar-refractivity contribution in [1.29, 1.82) is 0 Å². The lowest BCUT2D eigenvalue weighted by molar-refractivity contribution is 0.592. The number of nitrogens with zero attached hydrogens (tertiary/aromatic N) is 2. The largest absolute Gasteiger partial charge is 0.375 e. The first kappa shape index (κ1) is 16.1. The summed E-state index contributed by atoms with van der Waals surface area (Å²) in [6.07, 6.45) is 0.688. The van der Waals surface area contributed by atoms with Crippen molar-refractivity contribution in [2.45, 2.75) is 18.2 Å². The molecule has 0 atom stereocenters. The van der Waals surface area contributed by atoms with E-state index in [1.807, 2.05) is 31.2 Å². The number of benzene rings is 2. The van der Waals surface area contributed by atoms with Crippen molar-refractivity contribution in [2.24, 2.45) is 0 Å². The lowest BCUT2D eigenvalue weighted by Crippen LogP contribution is -2.29. The molecule has 2 aromatic carbocycles. The van der Waals surface area contributed by atoms with Crippen molar-refractivity contribution in [2.75, 3.05) is 16.6 Å². The number of nitrogens with two attached hydrogens (primary N) is 1. The van der Waals surface area contributed by atoms with E-state index in [1.54, 1.807) is 24.3 Å². The Morgan fingerprint density at radius 2 is 1.92 bits per heavy atom. The Bertz CT molecular complexity index is 1040. The third kappa shape index (κ3) is 2.69. The Hall–Kier alpha value is -2.38. The minimum atomic E-state index is -3.53. The zero-order chi connectivity index (χ0) is 17.6. The van der Waals surface area contributed by atoms with E-state index in [-0.39, 0.29) is 0 Å². The molecule has 3 aromatic rings. The van der Waals surface area contributed by atoms with Crippen molar-refractivity contribution in [1.82, 2.24) is 4.98 Å². The van der Waals surface area contributed by atoms with Gasteiger partial charge in [0.1, 0.15) is 0 Å². The van der Waals surface area contributed by atoms with Gasteiger partial charge in [-0.15, -0.1) is 11.3 Å². The smallest absolute Gasteiger partial charge is 0.264 e. The summed E-state index contributed by atoms with van der Waals surface area (Å²) in [5.74, 6) is 0. The van der Waals surface area contributed by atoms with Crippen LogP contribution in [0, 0.1) is 6.92 Å². The summed E-state index contributed by atoms with van der Waals surface area (Å²) in [5, 5.41) is 0.543. The fraction of sp³-hybridized carbons (Fsp3) is 0.167. The molecule has 0 aliphatic carbocycles. The standard InChI is InChI=1S/C18H17N3O2S2/c1-12-17(20-18(19)24-12)14-7-8-16-13(11-14)9-10-21(16)25(22,23)15-5-3-2-4-6-15/h2-8,11H,9-10H2,1H3,(H2,19,20).